The highest BCUT2D eigenvalue weighted by Crippen LogP contribution is 2.32. The molecule has 3 heterocycles. The molecule has 2 aromatic rings. The van der Waals surface area contributed by atoms with Crippen LogP contribution < -0.4 is 10.6 Å². The van der Waals surface area contributed by atoms with Gasteiger partial charge in [0.15, 0.2) is 5.01 Å². The number of thiazole rings is 1. The highest BCUT2D eigenvalue weighted by molar-refractivity contribution is 8.01. The second-order valence-corrected chi connectivity index (χ2v) is 8.49. The molecule has 2 N–H and O–H groups in total. The van der Waals surface area contributed by atoms with E-state index >= 15 is 0 Å². The summed E-state index contributed by atoms with van der Waals surface area (Å²) in [6.45, 7) is 0. The summed E-state index contributed by atoms with van der Waals surface area (Å²) in [5, 5.41) is 16.0. The van der Waals surface area contributed by atoms with Gasteiger partial charge in [0.25, 0.3) is 5.91 Å². The molecule has 1 aromatic carbocycles. The lowest BCUT2D eigenvalue weighted by Gasteiger charge is -2.21. The molecule has 0 spiro atoms. The molecule has 0 radical (unpaired) electrons. The zero-order valence-electron chi connectivity index (χ0n) is 12.9. The predicted molar refractivity (Wildman–Crippen MR) is 93.2 cm³/mol. The molecule has 5 nitrogen and oxygen atoms in total. The van der Waals surface area contributed by atoms with Crippen LogP contribution >= 0.6 is 23.1 Å². The van der Waals surface area contributed by atoms with E-state index in [4.69, 9.17) is 5.26 Å². The largest absolute Gasteiger partial charge is 0.348 e. The summed E-state index contributed by atoms with van der Waals surface area (Å²) in [5.41, 5.74) is 0.684. The van der Waals surface area contributed by atoms with Crippen molar-refractivity contribution < 1.29 is 4.79 Å². The van der Waals surface area contributed by atoms with Gasteiger partial charge in [-0.05, 0) is 43.5 Å². The van der Waals surface area contributed by atoms with Gasteiger partial charge in [0.2, 0.25) is 0 Å². The molecule has 0 saturated carbocycles. The number of benzene rings is 1. The summed E-state index contributed by atoms with van der Waals surface area (Å²) < 4.78 is 0.969. The third-order valence-electron chi connectivity index (χ3n) is 4.53. The first kappa shape index (κ1) is 15.6. The summed E-state index contributed by atoms with van der Waals surface area (Å²) in [7, 11) is 0. The number of fused-ring (bicyclic) bond motifs is 2. The maximum Gasteiger partial charge on any atom is 0.251 e. The smallest absolute Gasteiger partial charge is 0.251 e. The number of aromatic nitrogens is 1. The molecule has 3 atom stereocenters. The van der Waals surface area contributed by atoms with Crippen molar-refractivity contribution in [3.63, 3.8) is 0 Å². The average molecular weight is 356 g/mol. The number of nitrogens with one attached hydrogen (secondary N) is 2. The fraction of sp³-hybridized carbons (Fsp3) is 0.353. The number of carbonyl (C=O) groups is 1. The van der Waals surface area contributed by atoms with Gasteiger partial charge in [-0.25, -0.2) is 4.98 Å². The van der Waals surface area contributed by atoms with Crippen LogP contribution in [0.4, 0.5) is 0 Å². The standard InChI is InChI=1S/C17H16N4OS2/c18-8-15-19-9-16(24-15)23-12-4-1-10(2-5-12)17(22)21-14-7-11-3-6-13(14)20-11/h1-2,4-5,9,11,13-14,20H,3,6-7H2,(H,21,22)/t11-,13+,14-/m1/s1. The molecular formula is C17H16N4OS2. The summed E-state index contributed by atoms with van der Waals surface area (Å²) in [6, 6.07) is 10.9. The maximum atomic E-state index is 12.4. The molecule has 24 heavy (non-hydrogen) atoms. The van der Waals surface area contributed by atoms with Crippen molar-refractivity contribution in [3.8, 4) is 6.07 Å². The van der Waals surface area contributed by atoms with Gasteiger partial charge in [-0.15, -0.1) is 0 Å². The summed E-state index contributed by atoms with van der Waals surface area (Å²) in [5.74, 6) is -0.00421. The SMILES string of the molecule is N#Cc1ncc(Sc2ccc(C(=O)N[C@@H]3C[C@H]4CC[C@@H]3N4)cc2)s1. The zero-order valence-corrected chi connectivity index (χ0v) is 14.5. The van der Waals surface area contributed by atoms with Crippen molar-refractivity contribution in [3.05, 3.63) is 41.0 Å². The van der Waals surface area contributed by atoms with E-state index in [1.165, 1.54) is 17.8 Å². The first-order valence-corrected chi connectivity index (χ1v) is 9.55. The number of hydrogen-bond donors (Lipinski definition) is 2. The van der Waals surface area contributed by atoms with E-state index < -0.39 is 0 Å². The van der Waals surface area contributed by atoms with E-state index in [1.807, 2.05) is 30.3 Å². The Hall–Kier alpha value is -1.88. The minimum absolute atomic E-state index is 0.00421. The Labute approximate surface area is 148 Å². The van der Waals surface area contributed by atoms with Crippen LogP contribution in [0.25, 0.3) is 0 Å². The normalized spacial score (nSPS) is 24.7. The molecule has 2 fully saturated rings. The van der Waals surface area contributed by atoms with Crippen molar-refractivity contribution in [2.45, 2.75) is 46.5 Å². The van der Waals surface area contributed by atoms with Crippen LogP contribution in [0.1, 0.15) is 34.6 Å². The summed E-state index contributed by atoms with van der Waals surface area (Å²) in [4.78, 5) is 17.4. The Bertz CT molecular complexity index is 796. The van der Waals surface area contributed by atoms with Crippen LogP contribution in [-0.4, -0.2) is 29.0 Å². The van der Waals surface area contributed by atoms with Crippen molar-refractivity contribution in [1.82, 2.24) is 15.6 Å². The van der Waals surface area contributed by atoms with Crippen molar-refractivity contribution >= 4 is 29.0 Å². The summed E-state index contributed by atoms with van der Waals surface area (Å²) >= 11 is 2.92. The molecule has 2 bridgehead atoms. The van der Waals surface area contributed by atoms with Crippen molar-refractivity contribution in [1.29, 1.82) is 5.26 Å². The minimum atomic E-state index is -0.00421. The molecule has 1 amide bonds. The van der Waals surface area contributed by atoms with Gasteiger partial charge >= 0.3 is 0 Å². The molecule has 7 heteroatoms. The molecule has 122 valence electrons. The van der Waals surface area contributed by atoms with Gasteiger partial charge < -0.3 is 10.6 Å². The number of carbonyl (C=O) groups excluding carboxylic acids is 1. The van der Waals surface area contributed by atoms with Crippen LogP contribution in [0.3, 0.4) is 0 Å². The van der Waals surface area contributed by atoms with E-state index in [-0.39, 0.29) is 11.9 Å². The molecule has 2 aliphatic rings. The van der Waals surface area contributed by atoms with E-state index in [1.54, 1.807) is 18.0 Å². The number of nitriles is 1. The van der Waals surface area contributed by atoms with Crippen molar-refractivity contribution in [2.75, 3.05) is 0 Å². The second-order valence-electron chi connectivity index (χ2n) is 6.09. The average Bonchev–Trinajstić information content (AvgIpc) is 3.32. The topological polar surface area (TPSA) is 77.8 Å². The van der Waals surface area contributed by atoms with Gasteiger partial charge in [-0.2, -0.15) is 5.26 Å². The lowest BCUT2D eigenvalue weighted by Crippen LogP contribution is -2.42. The van der Waals surface area contributed by atoms with Crippen molar-refractivity contribution in [2.24, 2.45) is 0 Å². The van der Waals surface area contributed by atoms with Crippen LogP contribution in [0.2, 0.25) is 0 Å². The van der Waals surface area contributed by atoms with Crippen LogP contribution in [0, 0.1) is 11.3 Å². The van der Waals surface area contributed by atoms with E-state index in [9.17, 15) is 4.79 Å². The van der Waals surface area contributed by atoms with Crippen LogP contribution in [0.5, 0.6) is 0 Å². The van der Waals surface area contributed by atoms with Crippen LogP contribution in [-0.2, 0) is 0 Å². The molecule has 0 aliphatic carbocycles. The monoisotopic (exact) mass is 356 g/mol. The van der Waals surface area contributed by atoms with Gasteiger partial charge in [0.1, 0.15) is 6.07 Å². The molecule has 2 saturated heterocycles. The molecule has 2 aliphatic heterocycles. The number of nitrogens with zero attached hydrogens (tertiary/aromatic N) is 2. The highest BCUT2D eigenvalue weighted by atomic mass is 32.2. The Morgan fingerprint density at radius 2 is 2.21 bits per heavy atom. The van der Waals surface area contributed by atoms with Crippen LogP contribution in [0.15, 0.2) is 39.6 Å². The highest BCUT2D eigenvalue weighted by Gasteiger charge is 2.39. The van der Waals surface area contributed by atoms with Gasteiger partial charge in [0.05, 0.1) is 10.4 Å². The lowest BCUT2D eigenvalue weighted by atomic mass is 9.95. The number of hydrogen-bond acceptors (Lipinski definition) is 6. The lowest BCUT2D eigenvalue weighted by molar-refractivity contribution is 0.0931. The number of rotatable bonds is 4. The Kier molecular flexibility index (Phi) is 4.27. The van der Waals surface area contributed by atoms with Gasteiger partial charge in [-0.3, -0.25) is 4.79 Å². The Balaban J connectivity index is 1.38. The quantitative estimate of drug-likeness (QED) is 0.881. The predicted octanol–water partition coefficient (Wildman–Crippen LogP) is 2.79. The van der Waals surface area contributed by atoms with Gasteiger partial charge in [0, 0.05) is 28.6 Å². The zero-order chi connectivity index (χ0) is 16.5. The summed E-state index contributed by atoms with van der Waals surface area (Å²) in [6.07, 6.45) is 5.13. The molecule has 1 aromatic heterocycles. The fourth-order valence-corrected chi connectivity index (χ4v) is 5.13. The van der Waals surface area contributed by atoms with E-state index in [2.05, 4.69) is 15.6 Å². The third-order valence-corrected chi connectivity index (χ3v) is 6.54. The molecule has 0 unspecified atom stereocenters. The first-order valence-electron chi connectivity index (χ1n) is 7.92. The number of amides is 1. The third kappa shape index (κ3) is 3.18. The minimum Gasteiger partial charge on any atom is -0.348 e. The van der Waals surface area contributed by atoms with E-state index in [0.29, 0.717) is 22.7 Å². The second kappa shape index (κ2) is 6.55. The maximum absolute atomic E-state index is 12.4. The molecular weight excluding hydrogens is 340 g/mol. The first-order chi connectivity index (χ1) is 11.7. The van der Waals surface area contributed by atoms with Gasteiger partial charge in [-0.1, -0.05) is 23.1 Å². The Morgan fingerprint density at radius 3 is 2.83 bits per heavy atom. The van der Waals surface area contributed by atoms with E-state index in [0.717, 1.165) is 21.9 Å². The fourth-order valence-electron chi connectivity index (χ4n) is 3.38. The Morgan fingerprint density at radius 1 is 1.38 bits per heavy atom. The molecule has 4 rings (SSSR count).